The molecule has 1 fully saturated rings. The molecule has 1 saturated heterocycles. The third kappa shape index (κ3) is 3.77. The maximum absolute atomic E-state index is 12.7. The Kier molecular flexibility index (Phi) is 4.96. The van der Waals surface area contributed by atoms with E-state index in [1.165, 1.54) is 10.4 Å². The van der Waals surface area contributed by atoms with E-state index in [4.69, 9.17) is 5.73 Å². The normalized spacial score (nSPS) is 21.9. The lowest BCUT2D eigenvalue weighted by atomic mass is 10.2. The summed E-state index contributed by atoms with van der Waals surface area (Å²) in [4.78, 5) is 0. The number of thiophene rings is 1. The fourth-order valence-electron chi connectivity index (χ4n) is 2.40. The van der Waals surface area contributed by atoms with Crippen LogP contribution in [0.1, 0.15) is 26.2 Å². The first-order valence-corrected chi connectivity index (χ1v) is 11.0. The average molecular weight is 353 g/mol. The summed E-state index contributed by atoms with van der Waals surface area (Å²) >= 11 is 1.07. The van der Waals surface area contributed by atoms with Gasteiger partial charge in [0.1, 0.15) is 4.21 Å². The van der Waals surface area contributed by atoms with E-state index in [-0.39, 0.29) is 15.7 Å². The minimum atomic E-state index is -3.68. The SMILES string of the molecule is CCCCN(C1CCS(=O)(=O)C1)S(=O)(=O)c1cc(N)cs1. The van der Waals surface area contributed by atoms with E-state index in [1.54, 1.807) is 5.38 Å². The molecule has 1 aromatic heterocycles. The number of rotatable bonds is 6. The van der Waals surface area contributed by atoms with Gasteiger partial charge in [0.25, 0.3) is 10.0 Å². The van der Waals surface area contributed by atoms with Gasteiger partial charge in [-0.2, -0.15) is 4.31 Å². The molecule has 2 rings (SSSR count). The van der Waals surface area contributed by atoms with E-state index in [9.17, 15) is 16.8 Å². The van der Waals surface area contributed by atoms with Crippen LogP contribution in [0.2, 0.25) is 0 Å². The second-order valence-corrected chi connectivity index (χ2v) is 10.5. The first-order chi connectivity index (χ1) is 9.76. The Bertz CT molecular complexity index is 694. The van der Waals surface area contributed by atoms with Gasteiger partial charge < -0.3 is 5.73 Å². The Hall–Kier alpha value is -0.640. The molecule has 9 heteroatoms. The highest BCUT2D eigenvalue weighted by molar-refractivity contribution is 7.92. The lowest BCUT2D eigenvalue weighted by Gasteiger charge is -2.26. The summed E-state index contributed by atoms with van der Waals surface area (Å²) in [5, 5.41) is 1.58. The summed E-state index contributed by atoms with van der Waals surface area (Å²) in [6.45, 7) is 2.32. The van der Waals surface area contributed by atoms with Crippen LogP contribution in [0.4, 0.5) is 5.69 Å². The van der Waals surface area contributed by atoms with E-state index in [1.807, 2.05) is 6.92 Å². The first-order valence-electron chi connectivity index (χ1n) is 6.82. The second-order valence-electron chi connectivity index (χ2n) is 5.23. The molecule has 6 nitrogen and oxygen atoms in total. The van der Waals surface area contributed by atoms with Crippen LogP contribution in [0.25, 0.3) is 0 Å². The van der Waals surface area contributed by atoms with Gasteiger partial charge in [-0.1, -0.05) is 13.3 Å². The molecule has 2 N–H and O–H groups in total. The second kappa shape index (κ2) is 6.23. The minimum absolute atomic E-state index is 0.0579. The molecule has 1 unspecified atom stereocenters. The predicted octanol–water partition coefficient (Wildman–Crippen LogP) is 1.31. The smallest absolute Gasteiger partial charge is 0.252 e. The van der Waals surface area contributed by atoms with Gasteiger partial charge in [-0.05, 0) is 18.9 Å². The Morgan fingerprint density at radius 1 is 1.48 bits per heavy atom. The maximum Gasteiger partial charge on any atom is 0.252 e. The van der Waals surface area contributed by atoms with E-state index in [0.29, 0.717) is 25.1 Å². The largest absolute Gasteiger partial charge is 0.398 e. The van der Waals surface area contributed by atoms with Crippen molar-refractivity contribution in [2.75, 3.05) is 23.8 Å². The number of sulfone groups is 1. The molecule has 0 amide bonds. The summed E-state index contributed by atoms with van der Waals surface area (Å²) in [6, 6.07) is 0.970. The van der Waals surface area contributed by atoms with Crippen LogP contribution in [0.15, 0.2) is 15.7 Å². The average Bonchev–Trinajstić information content (AvgIpc) is 2.96. The predicted molar refractivity (Wildman–Crippen MR) is 84.6 cm³/mol. The highest BCUT2D eigenvalue weighted by atomic mass is 32.2. The van der Waals surface area contributed by atoms with Gasteiger partial charge in [0.05, 0.1) is 11.5 Å². The van der Waals surface area contributed by atoms with Crippen molar-refractivity contribution < 1.29 is 16.8 Å². The van der Waals surface area contributed by atoms with Crippen LogP contribution in [0.5, 0.6) is 0 Å². The quantitative estimate of drug-likeness (QED) is 0.832. The Labute approximate surface area is 129 Å². The number of anilines is 1. The van der Waals surface area contributed by atoms with Crippen molar-refractivity contribution in [2.24, 2.45) is 0 Å². The van der Waals surface area contributed by atoms with Crippen molar-refractivity contribution in [1.82, 2.24) is 4.31 Å². The zero-order valence-corrected chi connectivity index (χ0v) is 14.3. The first kappa shape index (κ1) is 16.7. The molecular weight excluding hydrogens is 332 g/mol. The van der Waals surface area contributed by atoms with Crippen LogP contribution in [0.3, 0.4) is 0 Å². The number of hydrogen-bond donors (Lipinski definition) is 1. The molecule has 1 atom stereocenters. The van der Waals surface area contributed by atoms with Crippen LogP contribution >= 0.6 is 11.3 Å². The molecular formula is C12H20N2O4S3. The number of nitrogens with two attached hydrogens (primary N) is 1. The van der Waals surface area contributed by atoms with Gasteiger partial charge in [0, 0.05) is 23.7 Å². The van der Waals surface area contributed by atoms with Crippen molar-refractivity contribution in [2.45, 2.75) is 36.4 Å². The van der Waals surface area contributed by atoms with Gasteiger partial charge in [-0.25, -0.2) is 16.8 Å². The Morgan fingerprint density at radius 3 is 2.67 bits per heavy atom. The number of nitrogen functional groups attached to an aromatic ring is 1. The highest BCUT2D eigenvalue weighted by Gasteiger charge is 2.38. The monoisotopic (exact) mass is 352 g/mol. The Morgan fingerprint density at radius 2 is 2.19 bits per heavy atom. The van der Waals surface area contributed by atoms with Crippen molar-refractivity contribution in [3.05, 3.63) is 11.4 Å². The van der Waals surface area contributed by atoms with Crippen molar-refractivity contribution in [1.29, 1.82) is 0 Å². The lowest BCUT2D eigenvalue weighted by Crippen LogP contribution is -2.41. The lowest BCUT2D eigenvalue weighted by molar-refractivity contribution is 0.336. The topological polar surface area (TPSA) is 97.5 Å². The molecule has 0 saturated carbocycles. The van der Waals surface area contributed by atoms with E-state index >= 15 is 0 Å². The fraction of sp³-hybridized carbons (Fsp3) is 0.667. The molecule has 0 aliphatic carbocycles. The summed E-state index contributed by atoms with van der Waals surface area (Å²) in [6.07, 6.45) is 1.92. The zero-order valence-electron chi connectivity index (χ0n) is 11.9. The molecule has 1 aromatic rings. The van der Waals surface area contributed by atoms with Gasteiger partial charge in [-0.3, -0.25) is 0 Å². The number of hydrogen-bond acceptors (Lipinski definition) is 6. The molecule has 2 heterocycles. The summed E-state index contributed by atoms with van der Waals surface area (Å²) < 4.78 is 50.3. The zero-order chi connectivity index (χ0) is 15.7. The Balaban J connectivity index is 2.31. The van der Waals surface area contributed by atoms with Crippen LogP contribution in [-0.2, 0) is 19.9 Å². The number of unbranched alkanes of at least 4 members (excludes halogenated alkanes) is 1. The third-order valence-electron chi connectivity index (χ3n) is 3.51. The molecule has 0 spiro atoms. The van der Waals surface area contributed by atoms with Crippen molar-refractivity contribution >= 4 is 36.9 Å². The van der Waals surface area contributed by atoms with E-state index < -0.39 is 25.9 Å². The standard InChI is InChI=1S/C12H20N2O4S3/c1-2-3-5-14(11-4-6-20(15,16)9-11)21(17,18)12-7-10(13)8-19-12/h7-8,11H,2-6,9,13H2,1H3. The van der Waals surface area contributed by atoms with Crippen molar-refractivity contribution in [3.8, 4) is 0 Å². The summed E-state index contributed by atoms with van der Waals surface area (Å²) in [5.41, 5.74) is 6.01. The number of sulfonamides is 1. The van der Waals surface area contributed by atoms with Crippen LogP contribution < -0.4 is 5.73 Å². The van der Waals surface area contributed by atoms with Crippen LogP contribution in [-0.4, -0.2) is 45.2 Å². The molecule has 0 aromatic carbocycles. The van der Waals surface area contributed by atoms with Gasteiger partial charge in [0.15, 0.2) is 9.84 Å². The number of nitrogens with zero attached hydrogens (tertiary/aromatic N) is 1. The summed E-state index contributed by atoms with van der Waals surface area (Å²) in [7, 11) is -6.81. The molecule has 120 valence electrons. The van der Waals surface area contributed by atoms with Crippen LogP contribution in [0, 0.1) is 0 Å². The highest BCUT2D eigenvalue weighted by Crippen LogP contribution is 2.29. The summed E-state index contributed by atoms with van der Waals surface area (Å²) in [5.74, 6) is -0.0286. The molecule has 0 bridgehead atoms. The molecule has 1 aliphatic heterocycles. The minimum Gasteiger partial charge on any atom is -0.398 e. The molecule has 21 heavy (non-hydrogen) atoms. The molecule has 0 radical (unpaired) electrons. The molecule has 1 aliphatic rings. The van der Waals surface area contributed by atoms with Gasteiger partial charge >= 0.3 is 0 Å². The maximum atomic E-state index is 12.7. The fourth-order valence-corrected chi connectivity index (χ4v) is 7.12. The van der Waals surface area contributed by atoms with Gasteiger partial charge in [-0.15, -0.1) is 11.3 Å². The van der Waals surface area contributed by atoms with E-state index in [0.717, 1.165) is 17.8 Å². The van der Waals surface area contributed by atoms with E-state index in [2.05, 4.69) is 0 Å². The van der Waals surface area contributed by atoms with Crippen molar-refractivity contribution in [3.63, 3.8) is 0 Å². The van der Waals surface area contributed by atoms with Gasteiger partial charge in [0.2, 0.25) is 0 Å². The third-order valence-corrected chi connectivity index (χ3v) is 8.64.